The molecule has 0 aromatic rings. The molecule has 20 heavy (non-hydrogen) atoms. The Morgan fingerprint density at radius 1 is 1.35 bits per heavy atom. The number of rotatable bonds is 2. The smallest absolute Gasteiger partial charge is 0.317 e. The molecule has 2 amide bonds. The first-order valence-electron chi connectivity index (χ1n) is 7.76. The molecule has 5 heteroatoms. The van der Waals surface area contributed by atoms with Gasteiger partial charge < -0.3 is 19.7 Å². The highest BCUT2D eigenvalue weighted by Crippen LogP contribution is 2.22. The molecule has 0 aromatic heterocycles. The van der Waals surface area contributed by atoms with Gasteiger partial charge in [0.2, 0.25) is 0 Å². The van der Waals surface area contributed by atoms with E-state index in [1.165, 1.54) is 0 Å². The van der Waals surface area contributed by atoms with Crippen molar-refractivity contribution >= 4 is 6.03 Å². The van der Waals surface area contributed by atoms with Crippen LogP contribution in [0.5, 0.6) is 0 Å². The minimum Gasteiger partial charge on any atom is -0.375 e. The second-order valence-electron chi connectivity index (χ2n) is 6.45. The number of morpholine rings is 1. The van der Waals surface area contributed by atoms with Crippen LogP contribution in [0.4, 0.5) is 4.79 Å². The molecule has 2 aliphatic rings. The van der Waals surface area contributed by atoms with Crippen molar-refractivity contribution in [1.82, 2.24) is 10.2 Å². The van der Waals surface area contributed by atoms with Crippen LogP contribution in [-0.4, -0.2) is 54.5 Å². The molecular formula is C15H28N2O3. The Labute approximate surface area is 122 Å². The highest BCUT2D eigenvalue weighted by Gasteiger charge is 2.34. The van der Waals surface area contributed by atoms with E-state index >= 15 is 0 Å². The molecule has 0 aliphatic carbocycles. The third-order valence-electron chi connectivity index (χ3n) is 4.40. The van der Waals surface area contributed by atoms with Crippen LogP contribution in [0.1, 0.15) is 47.0 Å². The molecule has 2 saturated heterocycles. The maximum Gasteiger partial charge on any atom is 0.317 e. The molecule has 2 aliphatic heterocycles. The highest BCUT2D eigenvalue weighted by molar-refractivity contribution is 5.74. The molecule has 3 atom stereocenters. The van der Waals surface area contributed by atoms with Crippen molar-refractivity contribution in [3.63, 3.8) is 0 Å². The number of nitrogens with one attached hydrogen (secondary N) is 1. The lowest BCUT2D eigenvalue weighted by molar-refractivity contribution is -0.0883. The predicted molar refractivity (Wildman–Crippen MR) is 77.8 cm³/mol. The minimum absolute atomic E-state index is 0.0410. The minimum atomic E-state index is -0.203. The molecule has 2 fully saturated rings. The lowest BCUT2D eigenvalue weighted by Crippen LogP contribution is -2.56. The lowest BCUT2D eigenvalue weighted by Gasteiger charge is -2.41. The molecule has 5 nitrogen and oxygen atoms in total. The Balaban J connectivity index is 1.88. The molecule has 2 heterocycles. The van der Waals surface area contributed by atoms with E-state index < -0.39 is 0 Å². The van der Waals surface area contributed by atoms with Gasteiger partial charge in [-0.1, -0.05) is 6.92 Å². The molecule has 0 bridgehead atoms. The number of ether oxygens (including phenoxy) is 2. The Morgan fingerprint density at radius 2 is 2.00 bits per heavy atom. The van der Waals surface area contributed by atoms with Crippen molar-refractivity contribution in [1.29, 1.82) is 0 Å². The zero-order chi connectivity index (χ0) is 14.8. The number of hydrogen-bond donors (Lipinski definition) is 1. The van der Waals surface area contributed by atoms with E-state index in [9.17, 15) is 4.79 Å². The summed E-state index contributed by atoms with van der Waals surface area (Å²) in [5.41, 5.74) is -0.203. The standard InChI is InChI=1S/C15H28N2O3/c1-5-15(4)10-17(6-7-19-15)14(18)16-13-8-11(2)20-12(3)9-13/h11-13H,5-10H2,1-4H3,(H,16,18)/t11-,12-,15+/m0/s1. The summed E-state index contributed by atoms with van der Waals surface area (Å²) >= 11 is 0. The number of amides is 2. The number of hydrogen-bond acceptors (Lipinski definition) is 3. The van der Waals surface area contributed by atoms with Crippen LogP contribution in [0.25, 0.3) is 0 Å². The van der Waals surface area contributed by atoms with Gasteiger partial charge in [-0.2, -0.15) is 0 Å². The van der Waals surface area contributed by atoms with Gasteiger partial charge in [0.05, 0.1) is 31.0 Å². The molecule has 0 aromatic carbocycles. The second-order valence-corrected chi connectivity index (χ2v) is 6.45. The maximum atomic E-state index is 12.4. The summed E-state index contributed by atoms with van der Waals surface area (Å²) < 4.78 is 11.5. The molecule has 116 valence electrons. The third-order valence-corrected chi connectivity index (χ3v) is 4.40. The van der Waals surface area contributed by atoms with Crippen LogP contribution in [0, 0.1) is 0 Å². The number of carbonyl (C=O) groups excluding carboxylic acids is 1. The van der Waals surface area contributed by atoms with Gasteiger partial charge in [0.1, 0.15) is 0 Å². The van der Waals surface area contributed by atoms with Crippen LogP contribution in [0.15, 0.2) is 0 Å². The highest BCUT2D eigenvalue weighted by atomic mass is 16.5. The summed E-state index contributed by atoms with van der Waals surface area (Å²) in [5, 5.41) is 3.16. The zero-order valence-corrected chi connectivity index (χ0v) is 13.1. The maximum absolute atomic E-state index is 12.4. The van der Waals surface area contributed by atoms with Crippen molar-refractivity contribution in [3.05, 3.63) is 0 Å². The fourth-order valence-electron chi connectivity index (χ4n) is 3.11. The van der Waals surface area contributed by atoms with Gasteiger partial charge in [0, 0.05) is 12.6 Å². The number of urea groups is 1. The van der Waals surface area contributed by atoms with Gasteiger partial charge >= 0.3 is 6.03 Å². The summed E-state index contributed by atoms with van der Waals surface area (Å²) in [7, 11) is 0. The van der Waals surface area contributed by atoms with E-state index in [1.54, 1.807) is 0 Å². The number of nitrogens with zero attached hydrogens (tertiary/aromatic N) is 1. The van der Waals surface area contributed by atoms with Gasteiger partial charge in [-0.3, -0.25) is 0 Å². The van der Waals surface area contributed by atoms with E-state index in [4.69, 9.17) is 9.47 Å². The summed E-state index contributed by atoms with van der Waals surface area (Å²) in [6, 6.07) is 0.260. The molecule has 0 spiro atoms. The van der Waals surface area contributed by atoms with Crippen LogP contribution in [0.3, 0.4) is 0 Å². The third kappa shape index (κ3) is 3.85. The molecule has 0 radical (unpaired) electrons. The molecule has 2 rings (SSSR count). The fraction of sp³-hybridized carbons (Fsp3) is 0.933. The molecule has 0 saturated carbocycles. The second kappa shape index (κ2) is 6.31. The SMILES string of the molecule is CC[C@]1(C)CN(C(=O)NC2C[C@H](C)O[C@@H](C)C2)CCO1. The van der Waals surface area contributed by atoms with Crippen molar-refractivity contribution < 1.29 is 14.3 Å². The van der Waals surface area contributed by atoms with Gasteiger partial charge in [0.25, 0.3) is 0 Å². The summed E-state index contributed by atoms with van der Waals surface area (Å²) in [5.74, 6) is 0. The van der Waals surface area contributed by atoms with Crippen molar-refractivity contribution in [2.45, 2.75) is 70.8 Å². The van der Waals surface area contributed by atoms with Crippen molar-refractivity contribution in [2.75, 3.05) is 19.7 Å². The first kappa shape index (κ1) is 15.6. The topological polar surface area (TPSA) is 50.8 Å². The molecule has 1 N–H and O–H groups in total. The monoisotopic (exact) mass is 284 g/mol. The lowest BCUT2D eigenvalue weighted by atomic mass is 9.99. The van der Waals surface area contributed by atoms with E-state index in [2.05, 4.69) is 33.0 Å². The van der Waals surface area contributed by atoms with E-state index in [0.717, 1.165) is 19.3 Å². The quantitative estimate of drug-likeness (QED) is 0.845. The number of carbonyl (C=O) groups is 1. The van der Waals surface area contributed by atoms with Gasteiger partial charge in [-0.25, -0.2) is 4.79 Å². The average Bonchev–Trinajstić information content (AvgIpc) is 2.37. The van der Waals surface area contributed by atoms with Gasteiger partial charge in [-0.15, -0.1) is 0 Å². The predicted octanol–water partition coefficient (Wildman–Crippen LogP) is 2.15. The van der Waals surface area contributed by atoms with Crippen LogP contribution in [0.2, 0.25) is 0 Å². The Hall–Kier alpha value is -0.810. The average molecular weight is 284 g/mol. The van der Waals surface area contributed by atoms with Crippen LogP contribution < -0.4 is 5.32 Å². The Morgan fingerprint density at radius 3 is 2.60 bits per heavy atom. The van der Waals surface area contributed by atoms with Gasteiger partial charge in [0.15, 0.2) is 0 Å². The van der Waals surface area contributed by atoms with Crippen molar-refractivity contribution in [3.8, 4) is 0 Å². The van der Waals surface area contributed by atoms with E-state index in [0.29, 0.717) is 19.7 Å². The van der Waals surface area contributed by atoms with Gasteiger partial charge in [-0.05, 0) is 40.0 Å². The normalized spacial score (nSPS) is 38.6. The first-order chi connectivity index (χ1) is 9.42. The van der Waals surface area contributed by atoms with Crippen LogP contribution >= 0.6 is 0 Å². The fourth-order valence-corrected chi connectivity index (χ4v) is 3.11. The van der Waals surface area contributed by atoms with Crippen molar-refractivity contribution in [2.24, 2.45) is 0 Å². The van der Waals surface area contributed by atoms with E-state index in [-0.39, 0.29) is 29.9 Å². The largest absolute Gasteiger partial charge is 0.375 e. The van der Waals surface area contributed by atoms with E-state index in [1.807, 2.05) is 4.90 Å². The molecular weight excluding hydrogens is 256 g/mol. The Kier molecular flexibility index (Phi) is 4.91. The first-order valence-corrected chi connectivity index (χ1v) is 7.76. The van der Waals surface area contributed by atoms with Crippen LogP contribution in [-0.2, 0) is 9.47 Å². The Bertz CT molecular complexity index is 340. The summed E-state index contributed by atoms with van der Waals surface area (Å²) in [4.78, 5) is 14.3. The molecule has 0 unspecified atom stereocenters. The summed E-state index contributed by atoms with van der Waals surface area (Å²) in [6.45, 7) is 10.3. The zero-order valence-electron chi connectivity index (χ0n) is 13.1. The summed E-state index contributed by atoms with van der Waals surface area (Å²) in [6.07, 6.45) is 3.14.